The van der Waals surface area contributed by atoms with E-state index in [-0.39, 0.29) is 0 Å². The third kappa shape index (κ3) is 11.4. The summed E-state index contributed by atoms with van der Waals surface area (Å²) in [5, 5.41) is 0.544. The zero-order valence-electron chi connectivity index (χ0n) is 9.22. The van der Waals surface area contributed by atoms with Gasteiger partial charge in [0.2, 0.25) is 0 Å². The maximum Gasteiger partial charge on any atom is 0.522 e. The maximum absolute atomic E-state index is 10.7. The first-order chi connectivity index (χ1) is 8.06. The van der Waals surface area contributed by atoms with E-state index in [1.165, 1.54) is 0 Å². The summed E-state index contributed by atoms with van der Waals surface area (Å²) in [6.07, 6.45) is 3.41. The second-order valence-corrected chi connectivity index (χ2v) is 4.28. The zero-order chi connectivity index (χ0) is 14.8. The molecule has 18 heavy (non-hydrogen) atoms. The van der Waals surface area contributed by atoms with Gasteiger partial charge in [0.1, 0.15) is 5.15 Å². The van der Waals surface area contributed by atoms with Gasteiger partial charge in [-0.3, -0.25) is 4.55 Å². The molecule has 0 spiro atoms. The van der Waals surface area contributed by atoms with E-state index in [2.05, 4.69) is 11.6 Å². The van der Waals surface area contributed by atoms with Gasteiger partial charge in [-0.2, -0.15) is 21.6 Å². The van der Waals surface area contributed by atoms with Gasteiger partial charge in [-0.15, -0.1) is 6.58 Å². The van der Waals surface area contributed by atoms with E-state index in [0.717, 1.165) is 0 Å². The van der Waals surface area contributed by atoms with Gasteiger partial charge in [0.15, 0.2) is 0 Å². The van der Waals surface area contributed by atoms with Crippen molar-refractivity contribution in [3.63, 3.8) is 0 Å². The highest BCUT2D eigenvalue weighted by molar-refractivity contribution is 7.86. The van der Waals surface area contributed by atoms with Gasteiger partial charge in [0, 0.05) is 6.20 Å². The van der Waals surface area contributed by atoms with Gasteiger partial charge in [0.25, 0.3) is 0 Å². The topological polar surface area (TPSA) is 67.3 Å². The lowest BCUT2D eigenvalue weighted by Gasteiger charge is -1.97. The lowest BCUT2D eigenvalue weighted by molar-refractivity contribution is -0.0510. The van der Waals surface area contributed by atoms with Gasteiger partial charge < -0.3 is 0 Å². The van der Waals surface area contributed by atoms with Crippen molar-refractivity contribution in [2.24, 2.45) is 0 Å². The third-order valence-electron chi connectivity index (χ3n) is 0.921. The second-order valence-electron chi connectivity index (χ2n) is 2.48. The average molecular weight is 306 g/mol. The monoisotopic (exact) mass is 305 g/mol. The molecule has 1 heterocycles. The summed E-state index contributed by atoms with van der Waals surface area (Å²) in [6.45, 7) is 5.25. The molecule has 1 N–H and O–H groups in total. The highest BCUT2D eigenvalue weighted by Crippen LogP contribution is 2.20. The number of halogens is 4. The molecule has 0 aromatic carbocycles. The van der Waals surface area contributed by atoms with E-state index in [9.17, 15) is 13.2 Å². The van der Waals surface area contributed by atoms with Crippen LogP contribution in [0.1, 0.15) is 6.92 Å². The van der Waals surface area contributed by atoms with Gasteiger partial charge in [-0.05, 0) is 19.1 Å². The number of allylic oxidation sites excluding steroid dienone is 1. The first kappa shape index (κ1) is 19.2. The molecule has 104 valence electrons. The Morgan fingerprint density at radius 2 is 1.83 bits per heavy atom. The first-order valence-electron chi connectivity index (χ1n) is 4.23. The van der Waals surface area contributed by atoms with Crippen LogP contribution >= 0.6 is 11.6 Å². The molecule has 4 nitrogen and oxygen atoms in total. The fourth-order valence-corrected chi connectivity index (χ4v) is 0.471. The summed E-state index contributed by atoms with van der Waals surface area (Å²) in [7, 11) is -5.84. The standard InChI is InChI=1S/C5H4ClN.C3H6.CHF3O3S/c6-5-3-1-2-4-7-5;1-3-2;2-1(3,4)8(5,6)7/h1-4H;3H,1H2,2H3;(H,5,6,7). The molecule has 0 amide bonds. The molecule has 0 radical (unpaired) electrons. The van der Waals surface area contributed by atoms with Crippen LogP contribution in [0.2, 0.25) is 5.15 Å². The number of nitrogens with zero attached hydrogens (tertiary/aromatic N) is 1. The van der Waals surface area contributed by atoms with Crippen LogP contribution in [-0.4, -0.2) is 23.5 Å². The minimum atomic E-state index is -5.84. The second kappa shape index (κ2) is 8.90. The fourth-order valence-electron chi connectivity index (χ4n) is 0.342. The summed E-state index contributed by atoms with van der Waals surface area (Å²) in [6, 6.07) is 5.41. The van der Waals surface area contributed by atoms with Crippen LogP contribution in [0.5, 0.6) is 0 Å². The van der Waals surface area contributed by atoms with Crippen molar-refractivity contribution in [1.82, 2.24) is 4.98 Å². The Hall–Kier alpha value is -1.12. The summed E-state index contributed by atoms with van der Waals surface area (Å²) in [5.74, 6) is 0. The van der Waals surface area contributed by atoms with E-state index in [4.69, 9.17) is 24.6 Å². The molecule has 1 aromatic rings. The van der Waals surface area contributed by atoms with E-state index in [1.54, 1.807) is 18.3 Å². The molecule has 0 saturated carbocycles. The van der Waals surface area contributed by atoms with E-state index < -0.39 is 15.6 Å². The highest BCUT2D eigenvalue weighted by Gasteiger charge is 2.44. The van der Waals surface area contributed by atoms with Crippen LogP contribution in [0.3, 0.4) is 0 Å². The van der Waals surface area contributed by atoms with Crippen molar-refractivity contribution in [1.29, 1.82) is 0 Å². The summed E-state index contributed by atoms with van der Waals surface area (Å²) in [5.41, 5.74) is -5.53. The van der Waals surface area contributed by atoms with Crippen LogP contribution in [0, 0.1) is 0 Å². The number of hydrogen-bond donors (Lipinski definition) is 1. The number of aromatic nitrogens is 1. The van der Waals surface area contributed by atoms with E-state index in [0.29, 0.717) is 5.15 Å². The SMILES string of the molecule is C=CC.Clc1ccccn1.O=S(=O)(O)C(F)(F)F. The van der Waals surface area contributed by atoms with Crippen LogP contribution in [0.15, 0.2) is 37.1 Å². The Bertz CT molecular complexity index is 434. The Morgan fingerprint density at radius 1 is 1.44 bits per heavy atom. The van der Waals surface area contributed by atoms with Crippen molar-refractivity contribution in [2.45, 2.75) is 12.4 Å². The number of rotatable bonds is 0. The molecule has 1 rings (SSSR count). The number of pyridine rings is 1. The van der Waals surface area contributed by atoms with Crippen molar-refractivity contribution >= 4 is 21.7 Å². The number of alkyl halides is 3. The van der Waals surface area contributed by atoms with E-state index in [1.807, 2.05) is 19.1 Å². The molecule has 0 aliphatic heterocycles. The minimum absolute atomic E-state index is 0.544. The molecule has 0 aliphatic carbocycles. The summed E-state index contributed by atoms with van der Waals surface area (Å²) < 4.78 is 57.5. The third-order valence-corrected chi connectivity index (χ3v) is 1.73. The van der Waals surface area contributed by atoms with Gasteiger partial charge in [-0.25, -0.2) is 4.98 Å². The molecule has 0 fully saturated rings. The molecule has 0 atom stereocenters. The molecule has 9 heteroatoms. The van der Waals surface area contributed by atoms with Crippen molar-refractivity contribution in [3.05, 3.63) is 42.2 Å². The molecule has 1 aromatic heterocycles. The Labute approximate surface area is 108 Å². The zero-order valence-corrected chi connectivity index (χ0v) is 10.8. The lowest BCUT2D eigenvalue weighted by atomic mass is 10.5. The molecule has 0 unspecified atom stereocenters. The highest BCUT2D eigenvalue weighted by atomic mass is 35.5. The smallest absolute Gasteiger partial charge is 0.279 e. The minimum Gasteiger partial charge on any atom is -0.279 e. The van der Waals surface area contributed by atoms with Crippen LogP contribution in [0.25, 0.3) is 0 Å². The Morgan fingerprint density at radius 3 is 1.94 bits per heavy atom. The van der Waals surface area contributed by atoms with Crippen LogP contribution < -0.4 is 0 Å². The fraction of sp³-hybridized carbons (Fsp3) is 0.222. The normalized spacial score (nSPS) is 10.3. The largest absolute Gasteiger partial charge is 0.522 e. The first-order valence-corrected chi connectivity index (χ1v) is 6.05. The molecular weight excluding hydrogens is 295 g/mol. The summed E-state index contributed by atoms with van der Waals surface area (Å²) >= 11 is 5.43. The van der Waals surface area contributed by atoms with Crippen molar-refractivity contribution in [3.8, 4) is 0 Å². The Balaban J connectivity index is 0. The Kier molecular flexibility index (Phi) is 9.50. The molecular formula is C9H11ClF3NO3S. The maximum atomic E-state index is 10.7. The average Bonchev–Trinajstić information content (AvgIpc) is 2.17. The molecule has 0 aliphatic rings. The lowest BCUT2D eigenvalue weighted by Crippen LogP contribution is -2.21. The van der Waals surface area contributed by atoms with Crippen LogP contribution in [-0.2, 0) is 10.1 Å². The molecule has 0 saturated heterocycles. The summed E-state index contributed by atoms with van der Waals surface area (Å²) in [4.78, 5) is 3.74. The van der Waals surface area contributed by atoms with Crippen molar-refractivity contribution in [2.75, 3.05) is 0 Å². The molecule has 0 bridgehead atoms. The van der Waals surface area contributed by atoms with Gasteiger partial charge in [-0.1, -0.05) is 23.7 Å². The predicted molar refractivity (Wildman–Crippen MR) is 62.7 cm³/mol. The predicted octanol–water partition coefficient (Wildman–Crippen LogP) is 3.32. The van der Waals surface area contributed by atoms with Crippen molar-refractivity contribution < 1.29 is 26.1 Å². The quantitative estimate of drug-likeness (QED) is 0.345. The van der Waals surface area contributed by atoms with E-state index >= 15 is 0 Å². The van der Waals surface area contributed by atoms with Gasteiger partial charge >= 0.3 is 15.6 Å². The number of hydrogen-bond acceptors (Lipinski definition) is 3. The van der Waals surface area contributed by atoms with Gasteiger partial charge in [0.05, 0.1) is 0 Å². The van der Waals surface area contributed by atoms with Crippen LogP contribution in [0.4, 0.5) is 13.2 Å².